The quantitative estimate of drug-likeness (QED) is 0.597. The molecule has 1 amide bonds. The third-order valence-electron chi connectivity index (χ3n) is 5.60. The van der Waals surface area contributed by atoms with E-state index in [0.29, 0.717) is 44.0 Å². The largest absolute Gasteiger partial charge is 0.464 e. The number of amides is 1. The lowest BCUT2D eigenvalue weighted by Gasteiger charge is -2.35. The van der Waals surface area contributed by atoms with Gasteiger partial charge in [-0.05, 0) is 19.5 Å². The molecule has 176 valence electrons. The van der Waals surface area contributed by atoms with Crippen LogP contribution in [0.4, 0.5) is 16.2 Å². The van der Waals surface area contributed by atoms with Gasteiger partial charge in [0.05, 0.1) is 25.1 Å². The molecule has 2 saturated heterocycles. The topological polar surface area (TPSA) is 123 Å². The predicted octanol–water partition coefficient (Wildman–Crippen LogP) is 0.505. The van der Waals surface area contributed by atoms with Crippen LogP contribution in [0.3, 0.4) is 0 Å². The number of esters is 2. The standard InChI is InChI=1S/C21H25N5O7/c1-13(27)33-17-16(20(29)31-3)22-18-15(25-5-4-10-32-21(25)30)11-14(12-26(18)19(17)28)24-8-6-23(2)7-9-24/h11-12H,4-10H2,1-3H3. The SMILES string of the molecule is COC(=O)c1nc2c(N3CCCOC3=O)cc(N3CCN(C)CC3)cn2c(=O)c1OC(C)=O. The number of likely N-dealkylation sites (N-methyl/N-ethyl adjacent to an activating group) is 1. The van der Waals surface area contributed by atoms with Gasteiger partial charge in [-0.2, -0.15) is 0 Å². The number of aromatic nitrogens is 2. The number of anilines is 2. The molecule has 0 radical (unpaired) electrons. The third-order valence-corrected chi connectivity index (χ3v) is 5.60. The van der Waals surface area contributed by atoms with Crippen molar-refractivity contribution in [3.8, 4) is 5.75 Å². The van der Waals surface area contributed by atoms with Crippen LogP contribution in [-0.2, 0) is 14.3 Å². The van der Waals surface area contributed by atoms with Gasteiger partial charge in [0, 0.05) is 45.8 Å². The fraction of sp³-hybridized carbons (Fsp3) is 0.476. The van der Waals surface area contributed by atoms with Gasteiger partial charge in [0.1, 0.15) is 0 Å². The average molecular weight is 459 g/mol. The second kappa shape index (κ2) is 9.06. The normalized spacial score (nSPS) is 17.1. The summed E-state index contributed by atoms with van der Waals surface area (Å²) in [5.74, 6) is -2.26. The van der Waals surface area contributed by atoms with Crippen molar-refractivity contribution in [2.45, 2.75) is 13.3 Å². The van der Waals surface area contributed by atoms with Gasteiger partial charge < -0.3 is 24.0 Å². The first-order chi connectivity index (χ1) is 15.8. The fourth-order valence-electron chi connectivity index (χ4n) is 3.87. The molecule has 0 bridgehead atoms. The minimum absolute atomic E-state index is 0.0491. The molecule has 0 saturated carbocycles. The lowest BCUT2D eigenvalue weighted by atomic mass is 10.2. The molecule has 2 aliphatic rings. The van der Waals surface area contributed by atoms with E-state index < -0.39 is 35.0 Å². The van der Waals surface area contributed by atoms with Crippen LogP contribution in [0.2, 0.25) is 0 Å². The summed E-state index contributed by atoms with van der Waals surface area (Å²) in [4.78, 5) is 59.9. The van der Waals surface area contributed by atoms with Crippen LogP contribution < -0.4 is 20.1 Å². The van der Waals surface area contributed by atoms with Crippen LogP contribution in [0.5, 0.6) is 5.75 Å². The number of nitrogens with zero attached hydrogens (tertiary/aromatic N) is 5. The van der Waals surface area contributed by atoms with Gasteiger partial charge in [0.2, 0.25) is 5.75 Å². The van der Waals surface area contributed by atoms with Gasteiger partial charge in [-0.25, -0.2) is 14.6 Å². The second-order valence-electron chi connectivity index (χ2n) is 7.87. The zero-order valence-corrected chi connectivity index (χ0v) is 18.7. The highest BCUT2D eigenvalue weighted by molar-refractivity contribution is 5.96. The molecule has 0 atom stereocenters. The Bertz CT molecular complexity index is 1170. The number of carbonyl (C=O) groups is 3. The molecule has 0 N–H and O–H groups in total. The molecule has 0 unspecified atom stereocenters. The van der Waals surface area contributed by atoms with Crippen LogP contribution in [-0.4, -0.2) is 85.8 Å². The first kappa shape index (κ1) is 22.5. The van der Waals surface area contributed by atoms with Gasteiger partial charge in [-0.3, -0.25) is 18.9 Å². The Morgan fingerprint density at radius 3 is 2.48 bits per heavy atom. The monoisotopic (exact) mass is 459 g/mol. The van der Waals surface area contributed by atoms with Gasteiger partial charge in [0.15, 0.2) is 11.3 Å². The molecule has 2 fully saturated rings. The van der Waals surface area contributed by atoms with E-state index in [1.54, 1.807) is 12.3 Å². The molecule has 2 aromatic rings. The van der Waals surface area contributed by atoms with E-state index in [4.69, 9.17) is 14.2 Å². The van der Waals surface area contributed by atoms with Crippen molar-refractivity contribution in [3.63, 3.8) is 0 Å². The molecule has 0 aromatic carbocycles. The van der Waals surface area contributed by atoms with Crippen molar-refractivity contribution in [3.05, 3.63) is 28.3 Å². The molecule has 4 rings (SSSR count). The number of rotatable bonds is 4. The zero-order chi connectivity index (χ0) is 23.7. The molecule has 0 spiro atoms. The van der Waals surface area contributed by atoms with E-state index in [0.717, 1.165) is 27.1 Å². The first-order valence-electron chi connectivity index (χ1n) is 10.5. The summed E-state index contributed by atoms with van der Waals surface area (Å²) in [7, 11) is 3.16. The zero-order valence-electron chi connectivity index (χ0n) is 18.7. The maximum absolute atomic E-state index is 13.4. The lowest BCUT2D eigenvalue weighted by Crippen LogP contribution is -2.45. The highest BCUT2D eigenvalue weighted by Gasteiger charge is 2.30. The maximum atomic E-state index is 13.4. The Hall–Kier alpha value is -3.67. The smallest absolute Gasteiger partial charge is 0.414 e. The summed E-state index contributed by atoms with van der Waals surface area (Å²) in [6.45, 7) is 4.85. The van der Waals surface area contributed by atoms with E-state index in [-0.39, 0.29) is 5.65 Å². The fourth-order valence-corrected chi connectivity index (χ4v) is 3.87. The highest BCUT2D eigenvalue weighted by atomic mass is 16.6. The van der Waals surface area contributed by atoms with Gasteiger partial charge in [-0.1, -0.05) is 0 Å². The predicted molar refractivity (Wildman–Crippen MR) is 117 cm³/mol. The van der Waals surface area contributed by atoms with Crippen molar-refractivity contribution in [1.82, 2.24) is 14.3 Å². The van der Waals surface area contributed by atoms with Crippen molar-refractivity contribution in [1.29, 1.82) is 0 Å². The number of pyridine rings is 1. The molecule has 2 aromatic heterocycles. The van der Waals surface area contributed by atoms with E-state index >= 15 is 0 Å². The molecule has 33 heavy (non-hydrogen) atoms. The minimum atomic E-state index is -0.943. The number of carbonyl (C=O) groups excluding carboxylic acids is 3. The van der Waals surface area contributed by atoms with Crippen LogP contribution in [0, 0.1) is 0 Å². The molecule has 4 heterocycles. The number of ether oxygens (including phenoxy) is 3. The molecular formula is C21H25N5O7. The highest BCUT2D eigenvalue weighted by Crippen LogP contribution is 2.30. The number of piperazine rings is 1. The number of hydrogen-bond donors (Lipinski definition) is 0. The number of hydrogen-bond acceptors (Lipinski definition) is 10. The summed E-state index contributed by atoms with van der Waals surface area (Å²) in [6.07, 6.45) is 1.59. The number of cyclic esters (lactones) is 1. The van der Waals surface area contributed by atoms with Gasteiger partial charge in [-0.15, -0.1) is 0 Å². The van der Waals surface area contributed by atoms with Gasteiger partial charge in [0.25, 0.3) is 0 Å². The third kappa shape index (κ3) is 4.33. The summed E-state index contributed by atoms with van der Waals surface area (Å²) in [5, 5.41) is 0. The van der Waals surface area contributed by atoms with E-state index in [2.05, 4.69) is 14.8 Å². The lowest BCUT2D eigenvalue weighted by molar-refractivity contribution is -0.132. The molecule has 2 aliphatic heterocycles. The molecular weight excluding hydrogens is 434 g/mol. The van der Waals surface area contributed by atoms with Crippen LogP contribution in [0.25, 0.3) is 5.65 Å². The maximum Gasteiger partial charge on any atom is 0.414 e. The Morgan fingerprint density at radius 2 is 1.85 bits per heavy atom. The van der Waals surface area contributed by atoms with Crippen LogP contribution >= 0.6 is 0 Å². The molecule has 12 nitrogen and oxygen atoms in total. The second-order valence-corrected chi connectivity index (χ2v) is 7.87. The van der Waals surface area contributed by atoms with Crippen molar-refractivity contribution >= 4 is 35.1 Å². The Balaban J connectivity index is 1.98. The minimum Gasteiger partial charge on any atom is -0.464 e. The van der Waals surface area contributed by atoms with Gasteiger partial charge >= 0.3 is 23.6 Å². The summed E-state index contributed by atoms with van der Waals surface area (Å²) < 4.78 is 16.2. The van der Waals surface area contributed by atoms with Crippen LogP contribution in [0.1, 0.15) is 23.8 Å². The van der Waals surface area contributed by atoms with Crippen molar-refractivity contribution in [2.75, 3.05) is 63.3 Å². The van der Waals surface area contributed by atoms with E-state index in [9.17, 15) is 19.2 Å². The number of methoxy groups -OCH3 is 1. The van der Waals surface area contributed by atoms with E-state index in [1.165, 1.54) is 9.30 Å². The average Bonchev–Trinajstić information content (AvgIpc) is 2.80. The Labute approximate surface area is 189 Å². The summed E-state index contributed by atoms with van der Waals surface area (Å²) in [5.41, 5.74) is -0.164. The van der Waals surface area contributed by atoms with Crippen molar-refractivity contribution in [2.24, 2.45) is 0 Å². The first-order valence-corrected chi connectivity index (χ1v) is 10.5. The summed E-state index contributed by atoms with van der Waals surface area (Å²) in [6, 6.07) is 1.76. The number of fused-ring (bicyclic) bond motifs is 1. The molecule has 12 heteroatoms. The Kier molecular flexibility index (Phi) is 6.18. The van der Waals surface area contributed by atoms with E-state index in [1.807, 2.05) is 7.05 Å². The summed E-state index contributed by atoms with van der Waals surface area (Å²) >= 11 is 0. The molecule has 0 aliphatic carbocycles. The Morgan fingerprint density at radius 1 is 1.12 bits per heavy atom. The van der Waals surface area contributed by atoms with Crippen molar-refractivity contribution < 1.29 is 28.6 Å². The van der Waals surface area contributed by atoms with Crippen LogP contribution in [0.15, 0.2) is 17.1 Å².